The average Bonchev–Trinajstić information content (AvgIpc) is 2.91. The van der Waals surface area contributed by atoms with Crippen LogP contribution >= 0.6 is 0 Å². The molecule has 0 bridgehead atoms. The summed E-state index contributed by atoms with van der Waals surface area (Å²) in [5.41, 5.74) is 2.30. The Morgan fingerprint density at radius 1 is 1.29 bits per heavy atom. The lowest BCUT2D eigenvalue weighted by molar-refractivity contribution is 0.199. The van der Waals surface area contributed by atoms with Gasteiger partial charge in [-0.15, -0.1) is 0 Å². The molecule has 0 saturated carbocycles. The molecule has 1 aromatic carbocycles. The minimum Gasteiger partial charge on any atom is -0.496 e. The predicted molar refractivity (Wildman–Crippen MR) is 80.4 cm³/mol. The lowest BCUT2D eigenvalue weighted by atomic mass is 10.1. The summed E-state index contributed by atoms with van der Waals surface area (Å²) in [6, 6.07) is 6.13. The van der Waals surface area contributed by atoms with Crippen molar-refractivity contribution in [2.45, 2.75) is 20.0 Å². The molecule has 1 heterocycles. The largest absolute Gasteiger partial charge is 0.496 e. The normalized spacial score (nSPS) is 10.8. The van der Waals surface area contributed by atoms with E-state index in [0.717, 1.165) is 23.7 Å². The van der Waals surface area contributed by atoms with Gasteiger partial charge in [0.15, 0.2) is 5.82 Å². The summed E-state index contributed by atoms with van der Waals surface area (Å²) in [5, 5.41) is 7.68. The summed E-state index contributed by atoms with van der Waals surface area (Å²) < 4.78 is 12.2. The van der Waals surface area contributed by atoms with Crippen LogP contribution in [-0.2, 0) is 17.8 Å². The Kier molecular flexibility index (Phi) is 5.71. The van der Waals surface area contributed by atoms with E-state index in [2.05, 4.69) is 28.4 Å². The Hall–Kier alpha value is -1.92. The number of aromatic nitrogens is 3. The standard InChI is InChI=1S/C15H22N4O2/c1-12-4-5-14(21-3)13(8-12)10-19-11-17-15(18-19)9-16-6-7-20-2/h4-5,8,11,16H,6-7,9-10H2,1-3H3. The number of methoxy groups -OCH3 is 2. The number of nitrogens with zero attached hydrogens (tertiary/aromatic N) is 3. The molecule has 6 nitrogen and oxygen atoms in total. The molecule has 0 aliphatic heterocycles. The summed E-state index contributed by atoms with van der Waals surface area (Å²) >= 11 is 0. The first-order valence-electron chi connectivity index (χ1n) is 6.94. The highest BCUT2D eigenvalue weighted by atomic mass is 16.5. The highest BCUT2D eigenvalue weighted by Gasteiger charge is 2.06. The first-order chi connectivity index (χ1) is 10.2. The summed E-state index contributed by atoms with van der Waals surface area (Å²) in [6.07, 6.45) is 1.75. The van der Waals surface area contributed by atoms with Crippen molar-refractivity contribution in [3.63, 3.8) is 0 Å². The first kappa shape index (κ1) is 15.5. The molecule has 2 aromatic rings. The number of rotatable bonds is 8. The molecule has 6 heteroatoms. The monoisotopic (exact) mass is 290 g/mol. The number of hydrogen-bond donors (Lipinski definition) is 1. The molecule has 21 heavy (non-hydrogen) atoms. The predicted octanol–water partition coefficient (Wildman–Crippen LogP) is 1.38. The summed E-state index contributed by atoms with van der Waals surface area (Å²) in [5.74, 6) is 1.65. The molecule has 0 spiro atoms. The van der Waals surface area contributed by atoms with Crippen molar-refractivity contribution in [1.82, 2.24) is 20.1 Å². The van der Waals surface area contributed by atoms with Gasteiger partial charge in [0, 0.05) is 19.2 Å². The average molecular weight is 290 g/mol. The Balaban J connectivity index is 1.97. The van der Waals surface area contributed by atoms with Gasteiger partial charge < -0.3 is 14.8 Å². The van der Waals surface area contributed by atoms with Crippen LogP contribution in [-0.4, -0.2) is 42.1 Å². The smallest absolute Gasteiger partial charge is 0.164 e. The maximum absolute atomic E-state index is 5.38. The second-order valence-corrected chi connectivity index (χ2v) is 4.84. The minimum atomic E-state index is 0.640. The SMILES string of the molecule is COCCNCc1ncn(Cc2cc(C)ccc2OC)n1. The maximum Gasteiger partial charge on any atom is 0.164 e. The van der Waals surface area contributed by atoms with Gasteiger partial charge in [-0.2, -0.15) is 5.10 Å². The molecular weight excluding hydrogens is 268 g/mol. The summed E-state index contributed by atoms with van der Waals surface area (Å²) in [7, 11) is 3.37. The molecule has 0 unspecified atom stereocenters. The van der Waals surface area contributed by atoms with Crippen LogP contribution in [0.4, 0.5) is 0 Å². The Morgan fingerprint density at radius 3 is 2.90 bits per heavy atom. The molecule has 0 amide bonds. The van der Waals surface area contributed by atoms with Crippen LogP contribution in [0.5, 0.6) is 5.75 Å². The fourth-order valence-corrected chi connectivity index (χ4v) is 2.07. The van der Waals surface area contributed by atoms with Crippen LogP contribution in [0.3, 0.4) is 0 Å². The van der Waals surface area contributed by atoms with Crippen LogP contribution in [0.25, 0.3) is 0 Å². The number of nitrogens with one attached hydrogen (secondary N) is 1. The van der Waals surface area contributed by atoms with Crippen molar-refractivity contribution in [3.8, 4) is 5.75 Å². The lowest BCUT2D eigenvalue weighted by Crippen LogP contribution is -2.19. The number of hydrogen-bond acceptors (Lipinski definition) is 5. The summed E-state index contributed by atoms with van der Waals surface area (Å²) in [6.45, 7) is 4.82. The van der Waals surface area contributed by atoms with E-state index in [4.69, 9.17) is 9.47 Å². The molecule has 0 atom stereocenters. The van der Waals surface area contributed by atoms with E-state index in [1.54, 1.807) is 20.5 Å². The second-order valence-electron chi connectivity index (χ2n) is 4.84. The van der Waals surface area contributed by atoms with E-state index in [1.165, 1.54) is 5.56 Å². The van der Waals surface area contributed by atoms with E-state index < -0.39 is 0 Å². The van der Waals surface area contributed by atoms with Crippen LogP contribution in [0.1, 0.15) is 17.0 Å². The van der Waals surface area contributed by atoms with Crippen LogP contribution in [0.2, 0.25) is 0 Å². The zero-order chi connectivity index (χ0) is 15.1. The van der Waals surface area contributed by atoms with E-state index >= 15 is 0 Å². The van der Waals surface area contributed by atoms with Crippen molar-refractivity contribution in [2.24, 2.45) is 0 Å². The highest BCUT2D eigenvalue weighted by molar-refractivity contribution is 5.36. The Labute approximate surface area is 125 Å². The number of ether oxygens (including phenoxy) is 2. The van der Waals surface area contributed by atoms with Crippen molar-refractivity contribution in [2.75, 3.05) is 27.4 Å². The molecule has 0 aliphatic rings. The van der Waals surface area contributed by atoms with Crippen molar-refractivity contribution in [1.29, 1.82) is 0 Å². The molecule has 1 aromatic heterocycles. The summed E-state index contributed by atoms with van der Waals surface area (Å²) in [4.78, 5) is 4.30. The Morgan fingerprint density at radius 2 is 2.14 bits per heavy atom. The number of aryl methyl sites for hydroxylation is 1. The van der Waals surface area contributed by atoms with Gasteiger partial charge in [-0.25, -0.2) is 9.67 Å². The molecule has 2 rings (SSSR count). The van der Waals surface area contributed by atoms with Gasteiger partial charge in [0.05, 0.1) is 26.8 Å². The quantitative estimate of drug-likeness (QED) is 0.744. The maximum atomic E-state index is 5.38. The van der Waals surface area contributed by atoms with E-state index in [9.17, 15) is 0 Å². The van der Waals surface area contributed by atoms with Crippen LogP contribution in [0, 0.1) is 6.92 Å². The lowest BCUT2D eigenvalue weighted by Gasteiger charge is -2.09. The van der Waals surface area contributed by atoms with Gasteiger partial charge in [-0.05, 0) is 13.0 Å². The van der Waals surface area contributed by atoms with Crippen molar-refractivity contribution >= 4 is 0 Å². The van der Waals surface area contributed by atoms with Gasteiger partial charge in [-0.1, -0.05) is 17.7 Å². The molecule has 0 radical (unpaired) electrons. The number of benzene rings is 1. The van der Waals surface area contributed by atoms with Gasteiger partial charge in [-0.3, -0.25) is 0 Å². The van der Waals surface area contributed by atoms with Gasteiger partial charge in [0.25, 0.3) is 0 Å². The third-order valence-corrected chi connectivity index (χ3v) is 3.12. The molecule has 1 N–H and O–H groups in total. The van der Waals surface area contributed by atoms with Crippen LogP contribution in [0.15, 0.2) is 24.5 Å². The fourth-order valence-electron chi connectivity index (χ4n) is 2.07. The van der Waals surface area contributed by atoms with Gasteiger partial charge in [0.2, 0.25) is 0 Å². The van der Waals surface area contributed by atoms with E-state index in [0.29, 0.717) is 19.7 Å². The molecule has 0 saturated heterocycles. The second kappa shape index (κ2) is 7.75. The first-order valence-corrected chi connectivity index (χ1v) is 6.94. The topological polar surface area (TPSA) is 61.2 Å². The van der Waals surface area contributed by atoms with E-state index in [1.807, 2.05) is 16.8 Å². The Bertz CT molecular complexity index is 569. The third kappa shape index (κ3) is 4.54. The van der Waals surface area contributed by atoms with E-state index in [-0.39, 0.29) is 0 Å². The third-order valence-electron chi connectivity index (χ3n) is 3.12. The zero-order valence-corrected chi connectivity index (χ0v) is 12.8. The molecule has 0 aliphatic carbocycles. The molecular formula is C15H22N4O2. The minimum absolute atomic E-state index is 0.640. The van der Waals surface area contributed by atoms with Gasteiger partial charge >= 0.3 is 0 Å². The van der Waals surface area contributed by atoms with Crippen molar-refractivity contribution in [3.05, 3.63) is 41.5 Å². The highest BCUT2D eigenvalue weighted by Crippen LogP contribution is 2.20. The van der Waals surface area contributed by atoms with Crippen molar-refractivity contribution < 1.29 is 9.47 Å². The van der Waals surface area contributed by atoms with Crippen LogP contribution < -0.4 is 10.1 Å². The van der Waals surface area contributed by atoms with Gasteiger partial charge in [0.1, 0.15) is 12.1 Å². The molecule has 114 valence electrons. The zero-order valence-electron chi connectivity index (χ0n) is 12.8. The molecule has 0 fully saturated rings. The fraction of sp³-hybridized carbons (Fsp3) is 0.467.